The molecule has 6 heteroatoms. The van der Waals surface area contributed by atoms with Gasteiger partial charge in [-0.2, -0.15) is 0 Å². The van der Waals surface area contributed by atoms with Crippen molar-refractivity contribution < 1.29 is 19.3 Å². The van der Waals surface area contributed by atoms with Crippen LogP contribution in [0.4, 0.5) is 0 Å². The summed E-state index contributed by atoms with van der Waals surface area (Å²) in [5.74, 6) is 0. The Balaban J connectivity index is 1.06. The summed E-state index contributed by atoms with van der Waals surface area (Å²) in [7, 11) is 0. The molecule has 0 fully saturated rings. The van der Waals surface area contributed by atoms with Crippen molar-refractivity contribution in [1.29, 1.82) is 0 Å². The second kappa shape index (κ2) is 16.6. The molecular weight excluding hydrogens is 496 g/mol. The van der Waals surface area contributed by atoms with Crippen molar-refractivity contribution in [3.63, 3.8) is 0 Å². The molecule has 0 spiro atoms. The monoisotopic (exact) mass is 540 g/mol. The summed E-state index contributed by atoms with van der Waals surface area (Å²) in [4.78, 5) is 8.14. The maximum Gasteiger partial charge on any atom is 0.174 e. The van der Waals surface area contributed by atoms with Crippen molar-refractivity contribution in [3.05, 3.63) is 120 Å². The Morgan fingerprint density at radius 2 is 0.800 bits per heavy atom. The van der Waals surface area contributed by atoms with Gasteiger partial charge < -0.3 is 10.2 Å². The van der Waals surface area contributed by atoms with Gasteiger partial charge in [-0.05, 0) is 97.9 Å². The number of aliphatic hydroxyl groups excluding tert-OH is 2. The molecule has 4 aromatic heterocycles. The summed E-state index contributed by atoms with van der Waals surface area (Å²) in [6.45, 7) is 1.20. The van der Waals surface area contributed by atoms with Gasteiger partial charge >= 0.3 is 0 Å². The number of nitrogens with zero attached hydrogens (tertiary/aromatic N) is 4. The van der Waals surface area contributed by atoms with E-state index in [-0.39, 0.29) is 12.2 Å². The van der Waals surface area contributed by atoms with Gasteiger partial charge in [0, 0.05) is 49.1 Å². The van der Waals surface area contributed by atoms with E-state index in [2.05, 4.69) is 92.4 Å². The zero-order valence-electron chi connectivity index (χ0n) is 23.6. The van der Waals surface area contributed by atoms with Crippen molar-refractivity contribution in [2.45, 2.75) is 89.5 Å². The number of aryl methyl sites for hydroxylation is 4. The number of hydrogen-bond donors (Lipinski definition) is 2. The maximum atomic E-state index is 10.5. The van der Waals surface area contributed by atoms with E-state index < -0.39 is 0 Å². The summed E-state index contributed by atoms with van der Waals surface area (Å²) in [6.07, 6.45) is 24.7. The average Bonchev–Trinajstić information content (AvgIpc) is 2.98. The number of aromatic nitrogens is 4. The minimum absolute atomic E-state index is 0.375. The Bertz CT molecular complexity index is 1120. The van der Waals surface area contributed by atoms with Crippen LogP contribution in [-0.2, 0) is 38.8 Å². The second-order valence-corrected chi connectivity index (χ2v) is 10.8. The van der Waals surface area contributed by atoms with Crippen LogP contribution in [0.5, 0.6) is 0 Å². The Morgan fingerprint density at radius 3 is 1.15 bits per heavy atom. The van der Waals surface area contributed by atoms with E-state index in [1.165, 1.54) is 22.3 Å². The molecule has 0 amide bonds. The number of unbranched alkanes of at least 4 members (excludes halogenated alkanes) is 1. The second-order valence-electron chi connectivity index (χ2n) is 10.8. The fourth-order valence-electron chi connectivity index (χ4n) is 5.07. The van der Waals surface area contributed by atoms with Crippen LogP contribution < -0.4 is 9.13 Å². The van der Waals surface area contributed by atoms with Gasteiger partial charge in [0.2, 0.25) is 0 Å². The minimum Gasteiger partial charge on any atom is -0.387 e. The van der Waals surface area contributed by atoms with Gasteiger partial charge in [0.15, 0.2) is 37.9 Å². The topological polar surface area (TPSA) is 74.0 Å². The van der Waals surface area contributed by atoms with Gasteiger partial charge in [-0.25, -0.2) is 9.13 Å². The van der Waals surface area contributed by atoms with E-state index in [0.29, 0.717) is 13.1 Å². The summed E-state index contributed by atoms with van der Waals surface area (Å²) in [5.41, 5.74) is 5.30. The lowest BCUT2D eigenvalue weighted by molar-refractivity contribution is -0.704. The quantitative estimate of drug-likeness (QED) is 0.154. The summed E-state index contributed by atoms with van der Waals surface area (Å²) in [5, 5.41) is 21.0. The SMILES string of the molecule is OC(CCCCC(O)C[n+]1ccc(CCCc2ccncc2)cc1)C[n+]1ccc(CCCc2ccncc2)cc1. The van der Waals surface area contributed by atoms with Gasteiger partial charge in [-0.3, -0.25) is 9.97 Å². The molecule has 4 heterocycles. The van der Waals surface area contributed by atoms with Crippen LogP contribution in [0.1, 0.15) is 60.8 Å². The molecule has 0 radical (unpaired) electrons. The maximum absolute atomic E-state index is 10.5. The first-order chi connectivity index (χ1) is 19.6. The highest BCUT2D eigenvalue weighted by molar-refractivity contribution is 5.13. The van der Waals surface area contributed by atoms with E-state index in [1.807, 2.05) is 24.8 Å². The Labute approximate surface area is 239 Å². The molecule has 0 aliphatic heterocycles. The van der Waals surface area contributed by atoms with Gasteiger partial charge in [0.25, 0.3) is 0 Å². The molecule has 0 aromatic carbocycles. The third kappa shape index (κ3) is 10.9. The zero-order valence-corrected chi connectivity index (χ0v) is 23.6. The molecule has 0 aliphatic carbocycles. The first kappa shape index (κ1) is 29.5. The van der Waals surface area contributed by atoms with Crippen LogP contribution in [0.25, 0.3) is 0 Å². The van der Waals surface area contributed by atoms with Gasteiger partial charge in [0.05, 0.1) is 0 Å². The van der Waals surface area contributed by atoms with Crippen molar-refractivity contribution in [3.8, 4) is 0 Å². The smallest absolute Gasteiger partial charge is 0.174 e. The molecule has 0 aliphatic rings. The molecule has 6 nitrogen and oxygen atoms in total. The number of pyridine rings is 4. The Hall–Kier alpha value is -3.48. The van der Waals surface area contributed by atoms with Gasteiger partial charge in [-0.1, -0.05) is 12.8 Å². The average molecular weight is 541 g/mol. The predicted molar refractivity (Wildman–Crippen MR) is 156 cm³/mol. The van der Waals surface area contributed by atoms with Crippen LogP contribution in [0, 0.1) is 0 Å². The number of rotatable bonds is 17. The minimum atomic E-state index is -0.375. The van der Waals surface area contributed by atoms with Gasteiger partial charge in [0.1, 0.15) is 12.2 Å². The van der Waals surface area contributed by atoms with E-state index in [1.54, 1.807) is 0 Å². The van der Waals surface area contributed by atoms with E-state index >= 15 is 0 Å². The molecular formula is C34H44N4O2+2. The highest BCUT2D eigenvalue weighted by Crippen LogP contribution is 2.10. The third-order valence-electron chi connectivity index (χ3n) is 7.45. The zero-order chi connectivity index (χ0) is 27.8. The first-order valence-electron chi connectivity index (χ1n) is 14.7. The van der Waals surface area contributed by atoms with E-state index in [4.69, 9.17) is 0 Å². The lowest BCUT2D eigenvalue weighted by Crippen LogP contribution is -2.39. The Morgan fingerprint density at radius 1 is 0.475 bits per heavy atom. The van der Waals surface area contributed by atoms with Crippen LogP contribution in [0.3, 0.4) is 0 Å². The highest BCUT2D eigenvalue weighted by atomic mass is 16.3. The normalized spacial score (nSPS) is 12.8. The Kier molecular flexibility index (Phi) is 12.2. The molecule has 40 heavy (non-hydrogen) atoms. The van der Waals surface area contributed by atoms with E-state index in [0.717, 1.165) is 64.2 Å². The fraction of sp³-hybridized carbons (Fsp3) is 0.412. The van der Waals surface area contributed by atoms with Crippen LogP contribution in [0.15, 0.2) is 98.1 Å². The standard InChI is InChI=1S/C34H44N4O2/c39-33(27-37-23-15-31(16-24-37)7-3-5-29-11-19-35-20-12-29)9-1-2-10-34(40)28-38-25-17-32(18-26-38)8-4-6-30-13-21-36-22-14-30/h11-26,33-34,39-40H,1-10,27-28H2/q+2. The van der Waals surface area contributed by atoms with Crippen LogP contribution >= 0.6 is 0 Å². The molecule has 2 unspecified atom stereocenters. The molecule has 0 bridgehead atoms. The van der Waals surface area contributed by atoms with Crippen LogP contribution in [-0.4, -0.2) is 32.4 Å². The summed E-state index contributed by atoms with van der Waals surface area (Å²) < 4.78 is 4.12. The van der Waals surface area contributed by atoms with Crippen LogP contribution in [0.2, 0.25) is 0 Å². The molecule has 0 saturated carbocycles. The summed E-state index contributed by atoms with van der Waals surface area (Å²) >= 11 is 0. The van der Waals surface area contributed by atoms with Crippen molar-refractivity contribution >= 4 is 0 Å². The lowest BCUT2D eigenvalue weighted by Gasteiger charge is -2.10. The number of aliphatic hydroxyl groups is 2. The number of hydrogen-bond acceptors (Lipinski definition) is 4. The fourth-order valence-corrected chi connectivity index (χ4v) is 5.07. The lowest BCUT2D eigenvalue weighted by atomic mass is 10.1. The third-order valence-corrected chi connectivity index (χ3v) is 7.45. The molecule has 2 N–H and O–H groups in total. The van der Waals surface area contributed by atoms with Crippen molar-refractivity contribution in [2.75, 3.05) is 0 Å². The van der Waals surface area contributed by atoms with E-state index in [9.17, 15) is 10.2 Å². The highest BCUT2D eigenvalue weighted by Gasteiger charge is 2.14. The largest absolute Gasteiger partial charge is 0.387 e. The predicted octanol–water partition coefficient (Wildman–Crippen LogP) is 4.38. The molecule has 0 saturated heterocycles. The van der Waals surface area contributed by atoms with Crippen molar-refractivity contribution in [2.24, 2.45) is 0 Å². The van der Waals surface area contributed by atoms with Crippen molar-refractivity contribution in [1.82, 2.24) is 9.97 Å². The summed E-state index contributed by atoms with van der Waals surface area (Å²) in [6, 6.07) is 16.9. The molecule has 210 valence electrons. The molecule has 4 rings (SSSR count). The molecule has 4 aromatic rings. The molecule has 2 atom stereocenters. The van der Waals surface area contributed by atoms with Gasteiger partial charge in [-0.15, -0.1) is 0 Å². The first-order valence-corrected chi connectivity index (χ1v) is 14.7.